The van der Waals surface area contributed by atoms with Crippen LogP contribution in [0.5, 0.6) is 11.5 Å². The van der Waals surface area contributed by atoms with Gasteiger partial charge in [0.1, 0.15) is 12.0 Å². The summed E-state index contributed by atoms with van der Waals surface area (Å²) in [5.41, 5.74) is 1.23. The molecule has 2 atom stereocenters. The first-order chi connectivity index (χ1) is 12.2. The van der Waals surface area contributed by atoms with Crippen molar-refractivity contribution in [3.8, 4) is 11.5 Å². The minimum atomic E-state index is 0.0288. The summed E-state index contributed by atoms with van der Waals surface area (Å²) in [6.45, 7) is 0.852. The third kappa shape index (κ3) is 3.65. The van der Waals surface area contributed by atoms with Crippen molar-refractivity contribution in [2.24, 2.45) is 0 Å². The summed E-state index contributed by atoms with van der Waals surface area (Å²) >= 11 is 3.47. The molecule has 1 heterocycles. The molecule has 1 aliphatic heterocycles. The van der Waals surface area contributed by atoms with Crippen molar-refractivity contribution in [1.29, 1.82) is 0 Å². The van der Waals surface area contributed by atoms with E-state index in [9.17, 15) is 5.11 Å². The Hall–Kier alpha value is -2.04. The van der Waals surface area contributed by atoms with Crippen LogP contribution in [0, 0.1) is 0 Å². The van der Waals surface area contributed by atoms with Gasteiger partial charge in [-0.05, 0) is 60.0 Å². The van der Waals surface area contributed by atoms with E-state index in [4.69, 9.17) is 4.74 Å². The summed E-state index contributed by atoms with van der Waals surface area (Å²) in [5.74, 6) is 1.37. The van der Waals surface area contributed by atoms with Gasteiger partial charge in [0.15, 0.2) is 5.75 Å². The van der Waals surface area contributed by atoms with Crippen LogP contribution < -0.4 is 10.1 Å². The first kappa shape index (κ1) is 16.4. The Bertz CT molecular complexity index is 888. The molecule has 1 aliphatic rings. The summed E-state index contributed by atoms with van der Waals surface area (Å²) in [6, 6.07) is 19.6. The highest BCUT2D eigenvalue weighted by molar-refractivity contribution is 9.10. The van der Waals surface area contributed by atoms with E-state index in [1.165, 1.54) is 5.56 Å². The van der Waals surface area contributed by atoms with Crippen LogP contribution in [0.2, 0.25) is 0 Å². The van der Waals surface area contributed by atoms with Crippen molar-refractivity contribution in [3.05, 3.63) is 70.7 Å². The highest BCUT2D eigenvalue weighted by atomic mass is 79.9. The Morgan fingerprint density at radius 1 is 1.00 bits per heavy atom. The van der Waals surface area contributed by atoms with Gasteiger partial charge >= 0.3 is 0 Å². The van der Waals surface area contributed by atoms with Crippen LogP contribution in [0.4, 0.5) is 0 Å². The molecule has 1 radical (unpaired) electrons. The Labute approximate surface area is 155 Å². The van der Waals surface area contributed by atoms with Gasteiger partial charge in [-0.2, -0.15) is 0 Å². The molecule has 2 unspecified atom stereocenters. The van der Waals surface area contributed by atoms with E-state index in [0.717, 1.165) is 40.4 Å². The van der Waals surface area contributed by atoms with Crippen LogP contribution >= 0.6 is 15.9 Å². The maximum Gasteiger partial charge on any atom is 0.186 e. The number of fused-ring (bicyclic) bond motifs is 1. The van der Waals surface area contributed by atoms with Crippen LogP contribution in [-0.2, 0) is 5.11 Å². The second-order valence-electron chi connectivity index (χ2n) is 6.48. The molecule has 0 aromatic heterocycles. The molecule has 1 saturated heterocycles. The summed E-state index contributed by atoms with van der Waals surface area (Å²) in [6.07, 6.45) is 2.01. The van der Waals surface area contributed by atoms with E-state index in [2.05, 4.69) is 39.4 Å². The van der Waals surface area contributed by atoms with Gasteiger partial charge < -0.3 is 4.74 Å². The number of hydrogen-bond acceptors (Lipinski definition) is 2. The van der Waals surface area contributed by atoms with E-state index in [1.807, 2.05) is 36.4 Å². The van der Waals surface area contributed by atoms with Crippen molar-refractivity contribution in [2.75, 3.05) is 6.54 Å². The molecular weight excluding hydrogens is 378 g/mol. The molecule has 3 nitrogen and oxygen atoms in total. The Morgan fingerprint density at radius 3 is 2.68 bits per heavy atom. The van der Waals surface area contributed by atoms with Crippen molar-refractivity contribution >= 4 is 26.7 Å². The molecule has 3 aromatic carbocycles. The number of hydrogen-bond donors (Lipinski definition) is 1. The molecular formula is C21H19BrNO2. The topological polar surface area (TPSA) is 41.2 Å². The molecule has 0 amide bonds. The second kappa shape index (κ2) is 7.06. The lowest BCUT2D eigenvalue weighted by Crippen LogP contribution is -2.41. The Morgan fingerprint density at radius 2 is 1.88 bits per heavy atom. The first-order valence-corrected chi connectivity index (χ1v) is 9.33. The van der Waals surface area contributed by atoms with Gasteiger partial charge in [0.25, 0.3) is 0 Å². The highest BCUT2D eigenvalue weighted by Crippen LogP contribution is 2.32. The van der Waals surface area contributed by atoms with Crippen molar-refractivity contribution in [1.82, 2.24) is 5.32 Å². The molecule has 1 fully saturated rings. The lowest BCUT2D eigenvalue weighted by atomic mass is 9.89. The van der Waals surface area contributed by atoms with Gasteiger partial charge in [-0.3, -0.25) is 10.4 Å². The normalized spacial score (nSPS) is 20.5. The average molecular weight is 397 g/mol. The van der Waals surface area contributed by atoms with E-state index in [-0.39, 0.29) is 12.0 Å². The van der Waals surface area contributed by atoms with Crippen molar-refractivity contribution < 1.29 is 9.84 Å². The van der Waals surface area contributed by atoms with E-state index in [0.29, 0.717) is 5.92 Å². The van der Waals surface area contributed by atoms with Crippen molar-refractivity contribution in [2.45, 2.75) is 25.0 Å². The SMILES string of the molecule is [O]c1cccc2ccc(C3CCC(Oc4cccc(Br)c4)NC3)cc12. The minimum Gasteiger partial charge on any atom is -0.475 e. The van der Waals surface area contributed by atoms with E-state index >= 15 is 0 Å². The monoisotopic (exact) mass is 396 g/mol. The van der Waals surface area contributed by atoms with Crippen LogP contribution in [0.15, 0.2) is 65.1 Å². The molecule has 0 saturated carbocycles. The van der Waals surface area contributed by atoms with Gasteiger partial charge in [0, 0.05) is 16.4 Å². The third-order valence-electron chi connectivity index (χ3n) is 4.78. The molecule has 127 valence electrons. The highest BCUT2D eigenvalue weighted by Gasteiger charge is 2.23. The number of piperidine rings is 1. The van der Waals surface area contributed by atoms with E-state index < -0.39 is 0 Å². The lowest BCUT2D eigenvalue weighted by Gasteiger charge is -2.30. The smallest absolute Gasteiger partial charge is 0.186 e. The van der Waals surface area contributed by atoms with Gasteiger partial charge in [-0.25, -0.2) is 0 Å². The Kier molecular flexibility index (Phi) is 4.64. The molecule has 4 heteroatoms. The van der Waals surface area contributed by atoms with Gasteiger partial charge in [-0.1, -0.05) is 46.3 Å². The maximum atomic E-state index is 12.1. The summed E-state index contributed by atoms with van der Waals surface area (Å²) in [4.78, 5) is 0. The molecule has 0 bridgehead atoms. The number of halogens is 1. The van der Waals surface area contributed by atoms with Crippen LogP contribution in [0.1, 0.15) is 24.3 Å². The van der Waals surface area contributed by atoms with Crippen LogP contribution in [-0.4, -0.2) is 12.8 Å². The minimum absolute atomic E-state index is 0.0288. The number of nitrogens with one attached hydrogen (secondary N) is 1. The fraction of sp³-hybridized carbons (Fsp3) is 0.238. The van der Waals surface area contributed by atoms with Gasteiger partial charge in [0.05, 0.1) is 0 Å². The molecule has 4 rings (SSSR count). The third-order valence-corrected chi connectivity index (χ3v) is 5.27. The predicted molar refractivity (Wildman–Crippen MR) is 103 cm³/mol. The largest absolute Gasteiger partial charge is 0.475 e. The summed E-state index contributed by atoms with van der Waals surface area (Å²) < 4.78 is 7.04. The zero-order valence-corrected chi connectivity index (χ0v) is 15.3. The number of benzene rings is 3. The molecule has 1 N–H and O–H groups in total. The van der Waals surface area contributed by atoms with Crippen LogP contribution in [0.25, 0.3) is 10.8 Å². The van der Waals surface area contributed by atoms with Crippen molar-refractivity contribution in [3.63, 3.8) is 0 Å². The summed E-state index contributed by atoms with van der Waals surface area (Å²) in [5, 5.41) is 17.4. The molecule has 0 spiro atoms. The van der Waals surface area contributed by atoms with Crippen LogP contribution in [0.3, 0.4) is 0 Å². The predicted octanol–water partition coefficient (Wildman–Crippen LogP) is 5.62. The molecule has 0 aliphatic carbocycles. The standard InChI is InChI=1S/C21H19BrNO2/c22-17-4-2-5-18(12-17)25-21-10-9-16(13-23-21)15-8-7-14-3-1-6-20(24)19(14)11-15/h1-8,11-12,16,21,23H,9-10,13H2. The molecule has 3 aromatic rings. The van der Waals surface area contributed by atoms with E-state index in [1.54, 1.807) is 6.07 Å². The van der Waals surface area contributed by atoms with Gasteiger partial charge in [0.2, 0.25) is 0 Å². The first-order valence-electron chi connectivity index (χ1n) is 8.54. The maximum absolute atomic E-state index is 12.1. The lowest BCUT2D eigenvalue weighted by molar-refractivity contribution is 0.125. The zero-order chi connectivity index (χ0) is 17.2. The Balaban J connectivity index is 1.44. The fourth-order valence-electron chi connectivity index (χ4n) is 3.44. The fourth-order valence-corrected chi connectivity index (χ4v) is 3.81. The number of rotatable bonds is 3. The quantitative estimate of drug-likeness (QED) is 0.624. The number of ether oxygens (including phenoxy) is 1. The van der Waals surface area contributed by atoms with Gasteiger partial charge in [-0.15, -0.1) is 0 Å². The second-order valence-corrected chi connectivity index (χ2v) is 7.40. The zero-order valence-electron chi connectivity index (χ0n) is 13.7. The summed E-state index contributed by atoms with van der Waals surface area (Å²) in [7, 11) is 0. The molecule has 25 heavy (non-hydrogen) atoms. The average Bonchev–Trinajstić information content (AvgIpc) is 2.63.